The molecule has 1 aromatic carbocycles. The first-order valence-electron chi connectivity index (χ1n) is 6.49. The zero-order valence-electron chi connectivity index (χ0n) is 12.0. The van der Waals surface area contributed by atoms with Gasteiger partial charge in [-0.1, -0.05) is 32.9 Å². The molecule has 0 radical (unpaired) electrons. The Balaban J connectivity index is 2.18. The molecule has 0 aromatic heterocycles. The summed E-state index contributed by atoms with van der Waals surface area (Å²) in [6.07, 6.45) is 1.17. The molecule has 0 aliphatic carbocycles. The Kier molecular flexibility index (Phi) is 5.99. The van der Waals surface area contributed by atoms with E-state index in [2.05, 4.69) is 26.1 Å². The van der Waals surface area contributed by atoms with E-state index < -0.39 is 0 Å². The summed E-state index contributed by atoms with van der Waals surface area (Å²) in [4.78, 5) is 0. The SMILES string of the molecule is COc1ccccc1OCCNCCC(C)(C)C. The summed E-state index contributed by atoms with van der Waals surface area (Å²) in [5.74, 6) is 1.59. The van der Waals surface area contributed by atoms with E-state index >= 15 is 0 Å². The Labute approximate surface area is 110 Å². The third-order valence-electron chi connectivity index (χ3n) is 2.66. The van der Waals surface area contributed by atoms with E-state index in [0.29, 0.717) is 12.0 Å². The van der Waals surface area contributed by atoms with Gasteiger partial charge in [-0.05, 0) is 30.5 Å². The van der Waals surface area contributed by atoms with Crippen molar-refractivity contribution in [1.82, 2.24) is 5.32 Å². The molecule has 1 aromatic rings. The van der Waals surface area contributed by atoms with Crippen LogP contribution in [0.1, 0.15) is 27.2 Å². The van der Waals surface area contributed by atoms with Crippen LogP contribution in [0.25, 0.3) is 0 Å². The van der Waals surface area contributed by atoms with Crippen LogP contribution in [0.4, 0.5) is 0 Å². The lowest BCUT2D eigenvalue weighted by molar-refractivity contribution is 0.286. The van der Waals surface area contributed by atoms with Crippen LogP contribution in [0.15, 0.2) is 24.3 Å². The normalized spacial score (nSPS) is 11.3. The first-order valence-corrected chi connectivity index (χ1v) is 6.49. The number of ether oxygens (including phenoxy) is 2. The Morgan fingerprint density at radius 2 is 1.72 bits per heavy atom. The zero-order valence-corrected chi connectivity index (χ0v) is 12.0. The summed E-state index contributed by atoms with van der Waals surface area (Å²) in [5.41, 5.74) is 0.385. The molecular weight excluding hydrogens is 226 g/mol. The Morgan fingerprint density at radius 1 is 1.06 bits per heavy atom. The van der Waals surface area contributed by atoms with Gasteiger partial charge in [0, 0.05) is 6.54 Å². The molecule has 3 heteroatoms. The van der Waals surface area contributed by atoms with Gasteiger partial charge in [-0.2, -0.15) is 0 Å². The summed E-state index contributed by atoms with van der Waals surface area (Å²) in [6, 6.07) is 7.72. The van der Waals surface area contributed by atoms with Gasteiger partial charge in [-0.15, -0.1) is 0 Å². The highest BCUT2D eigenvalue weighted by Crippen LogP contribution is 2.25. The maximum Gasteiger partial charge on any atom is 0.161 e. The molecule has 0 saturated carbocycles. The number of methoxy groups -OCH3 is 1. The average molecular weight is 251 g/mol. The van der Waals surface area contributed by atoms with Crippen molar-refractivity contribution in [2.24, 2.45) is 5.41 Å². The molecule has 0 atom stereocenters. The van der Waals surface area contributed by atoms with E-state index in [1.54, 1.807) is 7.11 Å². The van der Waals surface area contributed by atoms with E-state index in [9.17, 15) is 0 Å². The Morgan fingerprint density at radius 3 is 2.33 bits per heavy atom. The number of hydrogen-bond acceptors (Lipinski definition) is 3. The van der Waals surface area contributed by atoms with Gasteiger partial charge in [0.05, 0.1) is 7.11 Å². The van der Waals surface area contributed by atoms with Crippen molar-refractivity contribution in [3.8, 4) is 11.5 Å². The van der Waals surface area contributed by atoms with Gasteiger partial charge in [0.1, 0.15) is 6.61 Å². The molecule has 0 spiro atoms. The lowest BCUT2D eigenvalue weighted by Crippen LogP contribution is -2.25. The number of nitrogens with one attached hydrogen (secondary N) is 1. The monoisotopic (exact) mass is 251 g/mol. The molecule has 3 nitrogen and oxygen atoms in total. The van der Waals surface area contributed by atoms with E-state index in [1.165, 1.54) is 6.42 Å². The molecule has 18 heavy (non-hydrogen) atoms. The minimum atomic E-state index is 0.385. The van der Waals surface area contributed by atoms with Gasteiger partial charge in [0.15, 0.2) is 11.5 Å². The maximum atomic E-state index is 5.67. The molecule has 0 unspecified atom stereocenters. The van der Waals surface area contributed by atoms with Crippen LogP contribution in [0.3, 0.4) is 0 Å². The fraction of sp³-hybridized carbons (Fsp3) is 0.600. The van der Waals surface area contributed by atoms with Crippen molar-refractivity contribution in [2.45, 2.75) is 27.2 Å². The number of rotatable bonds is 7. The number of benzene rings is 1. The van der Waals surface area contributed by atoms with Crippen molar-refractivity contribution in [2.75, 3.05) is 26.8 Å². The summed E-state index contributed by atoms with van der Waals surface area (Å²) < 4.78 is 10.9. The van der Waals surface area contributed by atoms with Crippen LogP contribution < -0.4 is 14.8 Å². The van der Waals surface area contributed by atoms with Crippen molar-refractivity contribution in [1.29, 1.82) is 0 Å². The first-order chi connectivity index (χ1) is 8.53. The Hall–Kier alpha value is -1.22. The zero-order chi connectivity index (χ0) is 13.4. The van der Waals surface area contributed by atoms with Crippen molar-refractivity contribution in [3.05, 3.63) is 24.3 Å². The van der Waals surface area contributed by atoms with Gasteiger partial charge in [0.2, 0.25) is 0 Å². The van der Waals surface area contributed by atoms with E-state index in [0.717, 1.165) is 24.6 Å². The Bertz CT molecular complexity index is 345. The molecular formula is C15H25NO2. The predicted molar refractivity (Wildman–Crippen MR) is 75.4 cm³/mol. The van der Waals surface area contributed by atoms with Crippen LogP contribution in [-0.4, -0.2) is 26.8 Å². The van der Waals surface area contributed by atoms with E-state index in [1.807, 2.05) is 24.3 Å². The summed E-state index contributed by atoms with van der Waals surface area (Å²) in [7, 11) is 1.66. The molecule has 1 rings (SSSR count). The molecule has 0 fully saturated rings. The summed E-state index contributed by atoms with van der Waals surface area (Å²) in [6.45, 7) is 9.29. The van der Waals surface area contributed by atoms with Gasteiger partial charge >= 0.3 is 0 Å². The van der Waals surface area contributed by atoms with Gasteiger partial charge in [-0.3, -0.25) is 0 Å². The second-order valence-corrected chi connectivity index (χ2v) is 5.56. The van der Waals surface area contributed by atoms with Crippen molar-refractivity contribution in [3.63, 3.8) is 0 Å². The molecule has 0 aliphatic rings. The van der Waals surface area contributed by atoms with Gasteiger partial charge < -0.3 is 14.8 Å². The fourth-order valence-electron chi connectivity index (χ4n) is 1.56. The molecule has 0 saturated heterocycles. The number of para-hydroxylation sites is 2. The molecule has 0 aliphatic heterocycles. The minimum absolute atomic E-state index is 0.385. The average Bonchev–Trinajstić information content (AvgIpc) is 2.32. The standard InChI is InChI=1S/C15H25NO2/c1-15(2,3)9-10-16-11-12-18-14-8-6-5-7-13(14)17-4/h5-8,16H,9-12H2,1-4H3. The molecule has 0 heterocycles. The van der Waals surface area contributed by atoms with E-state index in [-0.39, 0.29) is 0 Å². The van der Waals surface area contributed by atoms with Crippen LogP contribution in [0.2, 0.25) is 0 Å². The largest absolute Gasteiger partial charge is 0.493 e. The fourth-order valence-corrected chi connectivity index (χ4v) is 1.56. The molecule has 0 amide bonds. The van der Waals surface area contributed by atoms with Crippen molar-refractivity contribution < 1.29 is 9.47 Å². The second kappa shape index (κ2) is 7.27. The summed E-state index contributed by atoms with van der Waals surface area (Å²) in [5, 5.41) is 3.38. The van der Waals surface area contributed by atoms with E-state index in [4.69, 9.17) is 9.47 Å². The van der Waals surface area contributed by atoms with Gasteiger partial charge in [-0.25, -0.2) is 0 Å². The minimum Gasteiger partial charge on any atom is -0.493 e. The highest BCUT2D eigenvalue weighted by atomic mass is 16.5. The number of hydrogen-bond donors (Lipinski definition) is 1. The second-order valence-electron chi connectivity index (χ2n) is 5.56. The third kappa shape index (κ3) is 5.92. The van der Waals surface area contributed by atoms with Gasteiger partial charge in [0.25, 0.3) is 0 Å². The van der Waals surface area contributed by atoms with Crippen LogP contribution in [0.5, 0.6) is 11.5 Å². The van der Waals surface area contributed by atoms with Crippen LogP contribution in [-0.2, 0) is 0 Å². The van der Waals surface area contributed by atoms with Crippen LogP contribution in [0, 0.1) is 5.41 Å². The smallest absolute Gasteiger partial charge is 0.161 e. The lowest BCUT2D eigenvalue weighted by atomic mass is 9.92. The van der Waals surface area contributed by atoms with Crippen molar-refractivity contribution >= 4 is 0 Å². The maximum absolute atomic E-state index is 5.67. The topological polar surface area (TPSA) is 30.5 Å². The highest BCUT2D eigenvalue weighted by Gasteiger charge is 2.08. The molecule has 102 valence electrons. The predicted octanol–water partition coefficient (Wildman–Crippen LogP) is 3.10. The molecule has 0 bridgehead atoms. The summed E-state index contributed by atoms with van der Waals surface area (Å²) >= 11 is 0. The first kappa shape index (κ1) is 14.8. The van der Waals surface area contributed by atoms with Crippen LogP contribution >= 0.6 is 0 Å². The lowest BCUT2D eigenvalue weighted by Gasteiger charge is -2.18. The molecule has 1 N–H and O–H groups in total. The highest BCUT2D eigenvalue weighted by molar-refractivity contribution is 5.39. The third-order valence-corrected chi connectivity index (χ3v) is 2.66. The quantitative estimate of drug-likeness (QED) is 0.755.